The monoisotopic (exact) mass is 279 g/mol. The van der Waals surface area contributed by atoms with Crippen LogP contribution in [0.1, 0.15) is 16.3 Å². The van der Waals surface area contributed by atoms with Crippen LogP contribution in [-0.2, 0) is 20.1 Å². The zero-order chi connectivity index (χ0) is 13.8. The number of nitrogens with zero attached hydrogens (tertiary/aromatic N) is 4. The third-order valence-corrected chi connectivity index (χ3v) is 3.43. The first-order valence-electron chi connectivity index (χ1n) is 5.92. The van der Waals surface area contributed by atoms with Crippen molar-refractivity contribution in [1.82, 2.24) is 25.0 Å². The molecule has 0 unspecified atom stereocenters. The minimum Gasteiger partial charge on any atom is -0.332 e. The number of aryl methyl sites for hydroxylation is 2. The van der Waals surface area contributed by atoms with Crippen molar-refractivity contribution < 1.29 is 4.79 Å². The van der Waals surface area contributed by atoms with Crippen LogP contribution in [-0.4, -0.2) is 32.7 Å². The van der Waals surface area contributed by atoms with Crippen LogP contribution in [0.15, 0.2) is 17.8 Å². The summed E-state index contributed by atoms with van der Waals surface area (Å²) in [6, 6.07) is -0.116. The summed E-state index contributed by atoms with van der Waals surface area (Å²) in [5.41, 5.74) is 1.90. The summed E-state index contributed by atoms with van der Waals surface area (Å²) in [6.45, 7) is 2.95. The number of nitrogens with one attached hydrogen (secondary N) is 1. The van der Waals surface area contributed by atoms with Gasteiger partial charge in [-0.15, -0.1) is 11.3 Å². The number of hydrogen-bond acceptors (Lipinski definition) is 4. The highest BCUT2D eigenvalue weighted by atomic mass is 32.1. The smallest absolute Gasteiger partial charge is 0.317 e. The summed E-state index contributed by atoms with van der Waals surface area (Å²) < 4.78 is 1.72. The van der Waals surface area contributed by atoms with Crippen molar-refractivity contribution in [1.29, 1.82) is 0 Å². The average molecular weight is 279 g/mol. The predicted molar refractivity (Wildman–Crippen MR) is 73.8 cm³/mol. The number of amides is 2. The van der Waals surface area contributed by atoms with Crippen molar-refractivity contribution in [2.45, 2.75) is 20.0 Å². The highest BCUT2D eigenvalue weighted by Gasteiger charge is 2.10. The molecule has 0 aliphatic rings. The van der Waals surface area contributed by atoms with Gasteiger partial charge in [0.15, 0.2) is 0 Å². The average Bonchev–Trinajstić information content (AvgIpc) is 2.95. The number of rotatable bonds is 4. The van der Waals surface area contributed by atoms with Gasteiger partial charge in [0.05, 0.1) is 30.0 Å². The minimum absolute atomic E-state index is 0.116. The van der Waals surface area contributed by atoms with E-state index in [0.29, 0.717) is 13.1 Å². The van der Waals surface area contributed by atoms with E-state index in [0.717, 1.165) is 16.3 Å². The predicted octanol–water partition coefficient (Wildman–Crippen LogP) is 1.53. The molecular formula is C12H17N5OS. The van der Waals surface area contributed by atoms with Crippen molar-refractivity contribution in [2.75, 3.05) is 7.05 Å². The number of thiazole rings is 1. The Bertz CT molecular complexity index is 562. The van der Waals surface area contributed by atoms with Crippen LogP contribution in [0.2, 0.25) is 0 Å². The van der Waals surface area contributed by atoms with Gasteiger partial charge in [-0.05, 0) is 6.92 Å². The van der Waals surface area contributed by atoms with Crippen molar-refractivity contribution in [3.63, 3.8) is 0 Å². The zero-order valence-electron chi connectivity index (χ0n) is 11.3. The quantitative estimate of drug-likeness (QED) is 0.923. The lowest BCUT2D eigenvalue weighted by molar-refractivity contribution is 0.206. The fraction of sp³-hybridized carbons (Fsp3) is 0.417. The van der Waals surface area contributed by atoms with Crippen LogP contribution < -0.4 is 5.32 Å². The fourth-order valence-corrected chi connectivity index (χ4v) is 2.30. The normalized spacial score (nSPS) is 10.5. The van der Waals surface area contributed by atoms with Crippen LogP contribution >= 0.6 is 11.3 Å². The number of hydrogen-bond donors (Lipinski definition) is 1. The van der Waals surface area contributed by atoms with Crippen LogP contribution in [0.25, 0.3) is 0 Å². The minimum atomic E-state index is -0.116. The molecule has 7 heteroatoms. The van der Waals surface area contributed by atoms with Gasteiger partial charge in [0.1, 0.15) is 0 Å². The molecule has 0 bridgehead atoms. The Hall–Kier alpha value is -1.89. The van der Waals surface area contributed by atoms with Gasteiger partial charge in [0.25, 0.3) is 0 Å². The Morgan fingerprint density at radius 2 is 2.37 bits per heavy atom. The standard InChI is InChI=1S/C12H17N5OS/c1-9-15-11(8-19-9)5-13-12(18)16(2)6-10-4-14-17(3)7-10/h4,7-8H,5-6H2,1-3H3,(H,13,18). The maximum atomic E-state index is 11.9. The first-order valence-corrected chi connectivity index (χ1v) is 6.80. The van der Waals surface area contributed by atoms with Gasteiger partial charge in [0, 0.05) is 31.2 Å². The van der Waals surface area contributed by atoms with Gasteiger partial charge in [-0.3, -0.25) is 4.68 Å². The summed E-state index contributed by atoms with van der Waals surface area (Å²) in [5, 5.41) is 9.88. The fourth-order valence-electron chi connectivity index (χ4n) is 1.69. The van der Waals surface area contributed by atoms with E-state index in [2.05, 4.69) is 15.4 Å². The molecule has 0 radical (unpaired) electrons. The molecule has 0 atom stereocenters. The second kappa shape index (κ2) is 5.83. The Balaban J connectivity index is 1.82. The van der Waals surface area contributed by atoms with E-state index in [1.165, 1.54) is 0 Å². The van der Waals surface area contributed by atoms with Gasteiger partial charge < -0.3 is 10.2 Å². The summed E-state index contributed by atoms with van der Waals surface area (Å²) in [7, 11) is 3.61. The van der Waals surface area contributed by atoms with E-state index >= 15 is 0 Å². The molecule has 2 aromatic heterocycles. The van der Waals surface area contributed by atoms with Crippen molar-refractivity contribution in [2.24, 2.45) is 7.05 Å². The molecule has 0 aliphatic heterocycles. The summed E-state index contributed by atoms with van der Waals surface area (Å²) in [6.07, 6.45) is 3.65. The van der Waals surface area contributed by atoms with Crippen LogP contribution in [0, 0.1) is 6.92 Å². The van der Waals surface area contributed by atoms with Gasteiger partial charge in [-0.1, -0.05) is 0 Å². The summed E-state index contributed by atoms with van der Waals surface area (Å²) in [5.74, 6) is 0. The molecule has 0 spiro atoms. The molecule has 0 saturated carbocycles. The molecule has 0 fully saturated rings. The van der Waals surface area contributed by atoms with Crippen molar-refractivity contribution in [3.05, 3.63) is 34.0 Å². The molecule has 6 nitrogen and oxygen atoms in total. The molecular weight excluding hydrogens is 262 g/mol. The number of carbonyl (C=O) groups excluding carboxylic acids is 1. The van der Waals surface area contributed by atoms with E-state index in [4.69, 9.17) is 0 Å². The highest BCUT2D eigenvalue weighted by molar-refractivity contribution is 7.09. The third-order valence-electron chi connectivity index (χ3n) is 2.61. The topological polar surface area (TPSA) is 63.1 Å². The Kier molecular flexibility index (Phi) is 4.16. The van der Waals surface area contributed by atoms with Gasteiger partial charge >= 0.3 is 6.03 Å². The highest BCUT2D eigenvalue weighted by Crippen LogP contribution is 2.07. The molecule has 0 aromatic carbocycles. The van der Waals surface area contributed by atoms with Gasteiger partial charge in [-0.2, -0.15) is 5.10 Å². The number of carbonyl (C=O) groups is 1. The second-order valence-corrected chi connectivity index (χ2v) is 5.46. The molecule has 1 N–H and O–H groups in total. The molecule has 102 valence electrons. The lowest BCUT2D eigenvalue weighted by atomic mass is 10.3. The second-order valence-electron chi connectivity index (χ2n) is 4.39. The lowest BCUT2D eigenvalue weighted by Crippen LogP contribution is -2.36. The molecule has 2 heterocycles. The third kappa shape index (κ3) is 3.78. The first-order chi connectivity index (χ1) is 9.04. The van der Waals surface area contributed by atoms with E-state index in [1.807, 2.05) is 25.5 Å². The van der Waals surface area contributed by atoms with E-state index in [9.17, 15) is 4.79 Å². The number of urea groups is 1. The van der Waals surface area contributed by atoms with Crippen molar-refractivity contribution in [3.8, 4) is 0 Å². The molecule has 0 aliphatic carbocycles. The Morgan fingerprint density at radius 3 is 2.95 bits per heavy atom. The van der Waals surface area contributed by atoms with E-state index in [-0.39, 0.29) is 6.03 Å². The maximum Gasteiger partial charge on any atom is 0.317 e. The lowest BCUT2D eigenvalue weighted by Gasteiger charge is -2.16. The Labute approximate surface area is 116 Å². The SMILES string of the molecule is Cc1nc(CNC(=O)N(C)Cc2cnn(C)c2)cs1. The first kappa shape index (κ1) is 13.5. The van der Waals surface area contributed by atoms with E-state index in [1.54, 1.807) is 34.2 Å². The summed E-state index contributed by atoms with van der Waals surface area (Å²) >= 11 is 1.58. The summed E-state index contributed by atoms with van der Waals surface area (Å²) in [4.78, 5) is 17.8. The van der Waals surface area contributed by atoms with Crippen LogP contribution in [0.3, 0.4) is 0 Å². The number of aromatic nitrogens is 3. The Morgan fingerprint density at radius 1 is 1.58 bits per heavy atom. The van der Waals surface area contributed by atoms with E-state index < -0.39 is 0 Å². The zero-order valence-corrected chi connectivity index (χ0v) is 12.1. The molecule has 2 amide bonds. The van der Waals surface area contributed by atoms with Gasteiger partial charge in [-0.25, -0.2) is 9.78 Å². The molecule has 0 saturated heterocycles. The molecule has 19 heavy (non-hydrogen) atoms. The largest absolute Gasteiger partial charge is 0.332 e. The van der Waals surface area contributed by atoms with Crippen LogP contribution in [0.4, 0.5) is 4.79 Å². The van der Waals surface area contributed by atoms with Crippen molar-refractivity contribution >= 4 is 17.4 Å². The molecule has 2 rings (SSSR count). The van der Waals surface area contributed by atoms with Crippen LogP contribution in [0.5, 0.6) is 0 Å². The van der Waals surface area contributed by atoms with Gasteiger partial charge in [0.2, 0.25) is 0 Å². The molecule has 2 aromatic rings. The maximum absolute atomic E-state index is 11.9.